The van der Waals surface area contributed by atoms with Crippen LogP contribution in [0.1, 0.15) is 41.0 Å². The van der Waals surface area contributed by atoms with Crippen LogP contribution in [0.25, 0.3) is 0 Å². The minimum atomic E-state index is -0.327. The Labute approximate surface area is 134 Å². The maximum Gasteiger partial charge on any atom is 0.494 e. The molecule has 1 fully saturated rings. The van der Waals surface area contributed by atoms with Crippen molar-refractivity contribution in [2.75, 3.05) is 19.8 Å². The van der Waals surface area contributed by atoms with Crippen molar-refractivity contribution in [2.24, 2.45) is 0 Å². The average molecular weight is 306 g/mol. The maximum atomic E-state index is 6.03. The Morgan fingerprint density at radius 2 is 1.50 bits per heavy atom. The summed E-state index contributed by atoms with van der Waals surface area (Å²) in [5.74, 6) is 0.834. The summed E-state index contributed by atoms with van der Waals surface area (Å²) in [6, 6.07) is 7.87. The van der Waals surface area contributed by atoms with Crippen LogP contribution in [0.5, 0.6) is 5.75 Å². The van der Waals surface area contributed by atoms with Crippen LogP contribution in [0.2, 0.25) is 0 Å². The van der Waals surface area contributed by atoms with Crippen LogP contribution in [0.4, 0.5) is 0 Å². The second kappa shape index (κ2) is 7.03. The van der Waals surface area contributed by atoms with Gasteiger partial charge in [-0.15, -0.1) is 0 Å². The van der Waals surface area contributed by atoms with Gasteiger partial charge in [-0.1, -0.05) is 19.1 Å². The summed E-state index contributed by atoms with van der Waals surface area (Å²) in [4.78, 5) is 0. The molecule has 0 bridgehead atoms. The SMILES string of the molecule is CCCOCCOc1ccc(B2OC(C)(C)C(C)(C)O2)cc1. The van der Waals surface area contributed by atoms with Crippen LogP contribution < -0.4 is 10.2 Å². The molecule has 122 valence electrons. The molecule has 0 spiro atoms. The molecular weight excluding hydrogens is 279 g/mol. The zero-order valence-corrected chi connectivity index (χ0v) is 14.3. The van der Waals surface area contributed by atoms with E-state index in [4.69, 9.17) is 18.8 Å². The molecule has 0 atom stereocenters. The number of hydrogen-bond donors (Lipinski definition) is 0. The lowest BCUT2D eigenvalue weighted by Gasteiger charge is -2.32. The van der Waals surface area contributed by atoms with E-state index in [1.165, 1.54) is 0 Å². The normalized spacial score (nSPS) is 19.4. The first kappa shape index (κ1) is 17.3. The van der Waals surface area contributed by atoms with Crippen molar-refractivity contribution in [3.8, 4) is 5.75 Å². The Kier molecular flexibility index (Phi) is 5.53. The zero-order valence-electron chi connectivity index (χ0n) is 14.3. The van der Waals surface area contributed by atoms with E-state index in [9.17, 15) is 0 Å². The summed E-state index contributed by atoms with van der Waals surface area (Å²) in [7, 11) is -0.327. The predicted octanol–water partition coefficient (Wildman–Crippen LogP) is 2.79. The fraction of sp³-hybridized carbons (Fsp3) is 0.647. The van der Waals surface area contributed by atoms with Gasteiger partial charge >= 0.3 is 7.12 Å². The highest BCUT2D eigenvalue weighted by Gasteiger charge is 2.51. The van der Waals surface area contributed by atoms with Gasteiger partial charge in [0.25, 0.3) is 0 Å². The van der Waals surface area contributed by atoms with E-state index >= 15 is 0 Å². The van der Waals surface area contributed by atoms with E-state index in [-0.39, 0.29) is 18.3 Å². The third-order valence-corrected chi connectivity index (χ3v) is 4.25. The van der Waals surface area contributed by atoms with Crippen LogP contribution >= 0.6 is 0 Å². The summed E-state index contributed by atoms with van der Waals surface area (Å²) in [6.07, 6.45) is 1.03. The quantitative estimate of drug-likeness (QED) is 0.573. The summed E-state index contributed by atoms with van der Waals surface area (Å²) < 4.78 is 23.1. The molecule has 4 nitrogen and oxygen atoms in total. The van der Waals surface area contributed by atoms with Crippen LogP contribution in [-0.4, -0.2) is 38.1 Å². The van der Waals surface area contributed by atoms with E-state index < -0.39 is 0 Å². The second-order valence-corrected chi connectivity index (χ2v) is 6.62. The number of ether oxygens (including phenoxy) is 2. The second-order valence-electron chi connectivity index (χ2n) is 6.62. The predicted molar refractivity (Wildman–Crippen MR) is 88.8 cm³/mol. The van der Waals surface area contributed by atoms with Crippen LogP contribution in [0.3, 0.4) is 0 Å². The van der Waals surface area contributed by atoms with Gasteiger partial charge in [-0.2, -0.15) is 0 Å². The number of rotatable bonds is 7. The lowest BCUT2D eigenvalue weighted by Crippen LogP contribution is -2.41. The Morgan fingerprint density at radius 3 is 2.05 bits per heavy atom. The topological polar surface area (TPSA) is 36.9 Å². The summed E-state index contributed by atoms with van der Waals surface area (Å²) in [5.41, 5.74) is 0.376. The van der Waals surface area contributed by atoms with Gasteiger partial charge in [-0.05, 0) is 51.7 Å². The van der Waals surface area contributed by atoms with Crippen molar-refractivity contribution in [2.45, 2.75) is 52.2 Å². The summed E-state index contributed by atoms with van der Waals surface area (Å²) in [5, 5.41) is 0. The molecule has 0 unspecified atom stereocenters. The van der Waals surface area contributed by atoms with Crippen molar-refractivity contribution in [3.63, 3.8) is 0 Å². The molecule has 0 aliphatic carbocycles. The smallest absolute Gasteiger partial charge is 0.491 e. The molecule has 1 aliphatic rings. The third-order valence-electron chi connectivity index (χ3n) is 4.25. The molecule has 5 heteroatoms. The van der Waals surface area contributed by atoms with Gasteiger partial charge in [0.1, 0.15) is 12.4 Å². The zero-order chi connectivity index (χ0) is 16.2. The molecular formula is C17H27BO4. The molecule has 0 saturated carbocycles. The van der Waals surface area contributed by atoms with Gasteiger partial charge in [0, 0.05) is 6.61 Å². The van der Waals surface area contributed by atoms with Crippen molar-refractivity contribution in [3.05, 3.63) is 24.3 Å². The van der Waals surface area contributed by atoms with E-state index in [2.05, 4.69) is 34.6 Å². The molecule has 1 aromatic carbocycles. The summed E-state index contributed by atoms with van der Waals surface area (Å²) >= 11 is 0. The highest BCUT2D eigenvalue weighted by atomic mass is 16.7. The Morgan fingerprint density at radius 1 is 0.909 bits per heavy atom. The Balaban J connectivity index is 1.87. The first-order chi connectivity index (χ1) is 10.4. The van der Waals surface area contributed by atoms with Crippen molar-refractivity contribution in [1.29, 1.82) is 0 Å². The van der Waals surface area contributed by atoms with E-state index in [0.717, 1.165) is 24.2 Å². The van der Waals surface area contributed by atoms with E-state index in [1.807, 2.05) is 24.3 Å². The third kappa shape index (κ3) is 4.03. The Hall–Kier alpha value is -1.04. The molecule has 22 heavy (non-hydrogen) atoms. The van der Waals surface area contributed by atoms with Gasteiger partial charge in [0.15, 0.2) is 0 Å². The molecule has 1 aromatic rings. The standard InChI is InChI=1S/C17H27BO4/c1-6-11-19-12-13-20-15-9-7-14(8-10-15)18-21-16(2,3)17(4,5)22-18/h7-10H,6,11-13H2,1-5H3. The molecule has 0 aromatic heterocycles. The van der Waals surface area contributed by atoms with E-state index in [1.54, 1.807) is 0 Å². The molecule has 0 amide bonds. The van der Waals surface area contributed by atoms with Gasteiger partial charge in [-0.3, -0.25) is 0 Å². The maximum absolute atomic E-state index is 6.03. The van der Waals surface area contributed by atoms with Gasteiger partial charge in [-0.25, -0.2) is 0 Å². The monoisotopic (exact) mass is 306 g/mol. The van der Waals surface area contributed by atoms with Gasteiger partial charge in [0.2, 0.25) is 0 Å². The van der Waals surface area contributed by atoms with Gasteiger partial charge in [0.05, 0.1) is 17.8 Å². The van der Waals surface area contributed by atoms with Crippen LogP contribution in [-0.2, 0) is 14.0 Å². The highest BCUT2D eigenvalue weighted by molar-refractivity contribution is 6.62. The van der Waals surface area contributed by atoms with E-state index in [0.29, 0.717) is 13.2 Å². The lowest BCUT2D eigenvalue weighted by atomic mass is 9.79. The number of hydrogen-bond acceptors (Lipinski definition) is 4. The fourth-order valence-electron chi connectivity index (χ4n) is 2.17. The first-order valence-electron chi connectivity index (χ1n) is 8.02. The minimum absolute atomic E-state index is 0.316. The first-order valence-corrected chi connectivity index (χ1v) is 8.02. The molecule has 1 aliphatic heterocycles. The molecule has 2 rings (SSSR count). The largest absolute Gasteiger partial charge is 0.494 e. The molecule has 0 N–H and O–H groups in total. The van der Waals surface area contributed by atoms with Crippen molar-refractivity contribution >= 4 is 12.6 Å². The fourth-order valence-corrected chi connectivity index (χ4v) is 2.17. The van der Waals surface area contributed by atoms with Crippen molar-refractivity contribution in [1.82, 2.24) is 0 Å². The Bertz CT molecular complexity index is 454. The minimum Gasteiger partial charge on any atom is -0.491 e. The number of benzene rings is 1. The molecule has 0 radical (unpaired) electrons. The lowest BCUT2D eigenvalue weighted by molar-refractivity contribution is 0.00578. The molecule has 1 heterocycles. The van der Waals surface area contributed by atoms with Crippen LogP contribution in [0.15, 0.2) is 24.3 Å². The van der Waals surface area contributed by atoms with Crippen LogP contribution in [0, 0.1) is 0 Å². The molecule has 1 saturated heterocycles. The average Bonchev–Trinajstić information content (AvgIpc) is 2.68. The van der Waals surface area contributed by atoms with Crippen molar-refractivity contribution < 1.29 is 18.8 Å². The summed E-state index contributed by atoms with van der Waals surface area (Å²) in [6.45, 7) is 12.3. The highest BCUT2D eigenvalue weighted by Crippen LogP contribution is 2.36. The van der Waals surface area contributed by atoms with Gasteiger partial charge < -0.3 is 18.8 Å².